The van der Waals surface area contributed by atoms with E-state index in [9.17, 15) is 4.79 Å². The molecule has 2 heterocycles. The molecule has 0 bridgehead atoms. The smallest absolute Gasteiger partial charge is 0.283 e. The van der Waals surface area contributed by atoms with E-state index in [1.54, 1.807) is 28.5 Å². The van der Waals surface area contributed by atoms with Crippen LogP contribution in [-0.4, -0.2) is 14.5 Å². The summed E-state index contributed by atoms with van der Waals surface area (Å²) in [4.78, 5) is 21.8. The van der Waals surface area contributed by atoms with E-state index in [4.69, 9.17) is 16.6 Å². The molecule has 148 valence electrons. The molecule has 0 radical (unpaired) electrons. The molecular weight excluding hydrogens is 414 g/mol. The number of aromatic nitrogens is 3. The quantitative estimate of drug-likeness (QED) is 0.265. The van der Waals surface area contributed by atoms with E-state index in [1.165, 1.54) is 5.56 Å². The monoisotopic (exact) mass is 431 g/mol. The summed E-state index contributed by atoms with van der Waals surface area (Å²) in [7, 11) is 0. The van der Waals surface area contributed by atoms with E-state index in [1.807, 2.05) is 54.6 Å². The Bertz CT molecular complexity index is 1410. The molecule has 30 heavy (non-hydrogen) atoms. The summed E-state index contributed by atoms with van der Waals surface area (Å²) >= 11 is 7.65. The Hall–Kier alpha value is -3.02. The van der Waals surface area contributed by atoms with Crippen LogP contribution in [0.15, 0.2) is 88.8 Å². The third-order valence-corrected chi connectivity index (χ3v) is 6.49. The summed E-state index contributed by atoms with van der Waals surface area (Å²) in [6.45, 7) is 2.12. The highest BCUT2D eigenvalue weighted by molar-refractivity contribution is 7.99. The van der Waals surface area contributed by atoms with Crippen LogP contribution in [-0.2, 0) is 0 Å². The van der Waals surface area contributed by atoms with Crippen molar-refractivity contribution >= 4 is 45.3 Å². The number of thioether (sulfide) groups is 1. The number of nitrogens with one attached hydrogen (secondary N) is 1. The molecule has 0 spiro atoms. The zero-order valence-corrected chi connectivity index (χ0v) is 17.7. The second kappa shape index (κ2) is 7.67. The van der Waals surface area contributed by atoms with Gasteiger partial charge in [0.15, 0.2) is 5.16 Å². The molecule has 0 saturated heterocycles. The normalized spacial score (nSPS) is 12.5. The zero-order valence-electron chi connectivity index (χ0n) is 16.2. The fourth-order valence-electron chi connectivity index (χ4n) is 3.59. The van der Waals surface area contributed by atoms with Crippen molar-refractivity contribution < 1.29 is 0 Å². The van der Waals surface area contributed by atoms with Gasteiger partial charge in [-0.2, -0.15) is 0 Å². The molecule has 3 aromatic carbocycles. The minimum absolute atomic E-state index is 0.124. The molecule has 6 heteroatoms. The molecule has 1 unspecified atom stereocenters. The van der Waals surface area contributed by atoms with Crippen molar-refractivity contribution in [3.8, 4) is 5.69 Å². The van der Waals surface area contributed by atoms with Gasteiger partial charge in [-0.3, -0.25) is 9.36 Å². The fourth-order valence-corrected chi connectivity index (χ4v) is 4.76. The van der Waals surface area contributed by atoms with E-state index in [-0.39, 0.29) is 10.8 Å². The van der Waals surface area contributed by atoms with Crippen molar-refractivity contribution in [1.29, 1.82) is 0 Å². The number of rotatable bonds is 4. The molecule has 0 aliphatic heterocycles. The molecule has 0 aliphatic carbocycles. The molecule has 1 atom stereocenters. The van der Waals surface area contributed by atoms with Gasteiger partial charge < -0.3 is 4.98 Å². The number of hydrogen-bond acceptors (Lipinski definition) is 3. The van der Waals surface area contributed by atoms with Gasteiger partial charge in [-0.1, -0.05) is 71.9 Å². The third-order valence-electron chi connectivity index (χ3n) is 5.13. The Morgan fingerprint density at radius 3 is 2.43 bits per heavy atom. The highest BCUT2D eigenvalue weighted by atomic mass is 35.5. The van der Waals surface area contributed by atoms with Gasteiger partial charge in [-0.05, 0) is 42.8 Å². The van der Waals surface area contributed by atoms with Crippen LogP contribution in [0.4, 0.5) is 0 Å². The van der Waals surface area contributed by atoms with Gasteiger partial charge in [0.2, 0.25) is 0 Å². The van der Waals surface area contributed by atoms with Gasteiger partial charge in [0.1, 0.15) is 11.0 Å². The van der Waals surface area contributed by atoms with Crippen molar-refractivity contribution in [2.24, 2.45) is 0 Å². The van der Waals surface area contributed by atoms with Crippen LogP contribution in [0, 0.1) is 0 Å². The standard InChI is InChI=1S/C24H18ClN3OS/c1-15(16-7-3-2-4-8-16)30-24-27-21-19-9-5-6-10-20(19)26-22(21)23(29)28(24)18-13-11-17(25)12-14-18/h2-15,26H,1H3. The van der Waals surface area contributed by atoms with Crippen LogP contribution in [0.1, 0.15) is 17.7 Å². The van der Waals surface area contributed by atoms with Crippen LogP contribution < -0.4 is 5.56 Å². The number of halogens is 1. The Labute approximate surface area is 182 Å². The number of benzene rings is 3. The van der Waals surface area contributed by atoms with Crippen LogP contribution in [0.3, 0.4) is 0 Å². The molecular formula is C24H18ClN3OS. The first kappa shape index (κ1) is 19.0. The number of fused-ring (bicyclic) bond motifs is 3. The molecule has 5 aromatic rings. The summed E-state index contributed by atoms with van der Waals surface area (Å²) in [5.74, 6) is 0. The van der Waals surface area contributed by atoms with Crippen molar-refractivity contribution in [3.05, 3.63) is 99.8 Å². The maximum atomic E-state index is 13.6. The van der Waals surface area contributed by atoms with Crippen molar-refractivity contribution in [1.82, 2.24) is 14.5 Å². The van der Waals surface area contributed by atoms with E-state index in [0.717, 1.165) is 16.6 Å². The Morgan fingerprint density at radius 2 is 1.67 bits per heavy atom. The predicted octanol–water partition coefficient (Wildman–Crippen LogP) is 6.37. The van der Waals surface area contributed by atoms with Gasteiger partial charge in [0.25, 0.3) is 5.56 Å². The Kier molecular flexibility index (Phi) is 4.85. The maximum Gasteiger partial charge on any atom is 0.283 e. The van der Waals surface area contributed by atoms with E-state index >= 15 is 0 Å². The minimum Gasteiger partial charge on any atom is -0.349 e. The summed E-state index contributed by atoms with van der Waals surface area (Å²) < 4.78 is 1.66. The lowest BCUT2D eigenvalue weighted by molar-refractivity contribution is 0.814. The van der Waals surface area contributed by atoms with Gasteiger partial charge in [-0.15, -0.1) is 0 Å². The molecule has 5 rings (SSSR count). The summed E-state index contributed by atoms with van der Waals surface area (Å²) in [6, 6.07) is 25.3. The fraction of sp³-hybridized carbons (Fsp3) is 0.0833. The molecule has 4 nitrogen and oxygen atoms in total. The van der Waals surface area contributed by atoms with Crippen molar-refractivity contribution in [3.63, 3.8) is 0 Å². The summed E-state index contributed by atoms with van der Waals surface area (Å²) in [5, 5.41) is 2.34. The largest absolute Gasteiger partial charge is 0.349 e. The number of para-hydroxylation sites is 1. The number of hydrogen-bond donors (Lipinski definition) is 1. The Balaban J connectivity index is 1.75. The summed E-state index contributed by atoms with van der Waals surface area (Å²) in [5.41, 5.74) is 3.89. The van der Waals surface area contributed by atoms with Gasteiger partial charge in [0.05, 0.1) is 5.69 Å². The first-order chi connectivity index (χ1) is 14.6. The maximum absolute atomic E-state index is 13.6. The topological polar surface area (TPSA) is 50.7 Å². The van der Waals surface area contributed by atoms with Crippen molar-refractivity contribution in [2.45, 2.75) is 17.3 Å². The minimum atomic E-state index is -0.124. The lowest BCUT2D eigenvalue weighted by Gasteiger charge is -2.16. The first-order valence-electron chi connectivity index (χ1n) is 9.63. The van der Waals surface area contributed by atoms with Gasteiger partial charge >= 0.3 is 0 Å². The highest BCUT2D eigenvalue weighted by Gasteiger charge is 2.19. The van der Waals surface area contributed by atoms with E-state index in [2.05, 4.69) is 24.0 Å². The van der Waals surface area contributed by atoms with Crippen molar-refractivity contribution in [2.75, 3.05) is 0 Å². The number of nitrogens with zero attached hydrogens (tertiary/aromatic N) is 2. The van der Waals surface area contributed by atoms with Gasteiger partial charge in [0, 0.05) is 21.2 Å². The second-order valence-electron chi connectivity index (χ2n) is 7.08. The lowest BCUT2D eigenvalue weighted by Crippen LogP contribution is -2.22. The molecule has 2 aromatic heterocycles. The van der Waals surface area contributed by atoms with Gasteiger partial charge in [-0.25, -0.2) is 4.98 Å². The van der Waals surface area contributed by atoms with Crippen LogP contribution in [0.25, 0.3) is 27.6 Å². The molecule has 0 saturated carbocycles. The third kappa shape index (κ3) is 3.30. The lowest BCUT2D eigenvalue weighted by atomic mass is 10.2. The number of aromatic amines is 1. The number of H-pyrrole nitrogens is 1. The molecule has 0 aliphatic rings. The van der Waals surface area contributed by atoms with E-state index < -0.39 is 0 Å². The SMILES string of the molecule is CC(Sc1nc2c([nH]c3ccccc32)c(=O)n1-c1ccc(Cl)cc1)c1ccccc1. The average Bonchev–Trinajstić information content (AvgIpc) is 3.15. The average molecular weight is 432 g/mol. The molecule has 0 fully saturated rings. The zero-order chi connectivity index (χ0) is 20.7. The molecule has 1 N–H and O–H groups in total. The van der Waals surface area contributed by atoms with E-state index in [0.29, 0.717) is 21.2 Å². The Morgan fingerprint density at radius 1 is 0.967 bits per heavy atom. The second-order valence-corrected chi connectivity index (χ2v) is 8.82. The van der Waals surface area contributed by atoms with Crippen LogP contribution >= 0.6 is 23.4 Å². The predicted molar refractivity (Wildman–Crippen MR) is 125 cm³/mol. The highest BCUT2D eigenvalue weighted by Crippen LogP contribution is 2.35. The van der Waals surface area contributed by atoms with Crippen LogP contribution in [0.2, 0.25) is 5.02 Å². The summed E-state index contributed by atoms with van der Waals surface area (Å²) in [6.07, 6.45) is 0. The first-order valence-corrected chi connectivity index (χ1v) is 10.9. The molecule has 0 amide bonds. The van der Waals surface area contributed by atoms with Crippen LogP contribution in [0.5, 0.6) is 0 Å².